The molecule has 1 aliphatic rings. The molecule has 8 nitrogen and oxygen atoms in total. The van der Waals surface area contributed by atoms with Gasteiger partial charge in [0, 0.05) is 24.8 Å². The van der Waals surface area contributed by atoms with Crippen molar-refractivity contribution in [2.45, 2.75) is 32.9 Å². The van der Waals surface area contributed by atoms with E-state index in [0.717, 1.165) is 17.3 Å². The summed E-state index contributed by atoms with van der Waals surface area (Å²) in [4.78, 5) is 40.6. The SMILES string of the molecule is Cc1cc(C)cc(C(=O)NC2CN(C(=O)c3nc(N[C@@H](C)c4cncc(F)c4)nc4ccsc34)C2)c1. The molecule has 1 saturated heterocycles. The van der Waals surface area contributed by atoms with Gasteiger partial charge in [-0.25, -0.2) is 14.4 Å². The first-order chi connectivity index (χ1) is 17.3. The van der Waals surface area contributed by atoms with Crippen LogP contribution in [0.4, 0.5) is 10.3 Å². The minimum Gasteiger partial charge on any atom is -0.348 e. The maximum absolute atomic E-state index is 13.6. The number of pyridine rings is 1. The predicted molar refractivity (Wildman–Crippen MR) is 137 cm³/mol. The van der Waals surface area contributed by atoms with E-state index in [2.05, 4.69) is 25.6 Å². The highest BCUT2D eigenvalue weighted by atomic mass is 32.1. The van der Waals surface area contributed by atoms with Crippen molar-refractivity contribution < 1.29 is 14.0 Å². The Morgan fingerprint density at radius 3 is 2.58 bits per heavy atom. The Balaban J connectivity index is 1.28. The van der Waals surface area contributed by atoms with Crippen LogP contribution in [0.25, 0.3) is 10.2 Å². The standard InChI is InChI=1S/C26H25FN6O2S/c1-14-6-15(2)8-17(7-14)24(34)30-20-12-33(13-20)25(35)22-23-21(4-5-36-23)31-26(32-22)29-16(3)18-9-19(27)11-28-10-18/h4-11,16,20H,12-13H2,1-3H3,(H,30,34)(H,29,31,32)/t16-/m0/s1. The van der Waals surface area contributed by atoms with Crippen molar-refractivity contribution in [1.29, 1.82) is 0 Å². The van der Waals surface area contributed by atoms with Crippen LogP contribution < -0.4 is 10.6 Å². The number of aromatic nitrogens is 3. The smallest absolute Gasteiger partial charge is 0.274 e. The molecule has 4 aromatic rings. The molecule has 0 unspecified atom stereocenters. The first kappa shape index (κ1) is 23.8. The number of hydrogen-bond donors (Lipinski definition) is 2. The number of hydrogen-bond acceptors (Lipinski definition) is 7. The lowest BCUT2D eigenvalue weighted by atomic mass is 10.0. The fourth-order valence-electron chi connectivity index (χ4n) is 4.28. The number of likely N-dealkylation sites (tertiary alicyclic amines) is 1. The van der Waals surface area contributed by atoms with E-state index < -0.39 is 5.82 Å². The molecule has 0 bridgehead atoms. The number of carbonyl (C=O) groups is 2. The van der Waals surface area contributed by atoms with Gasteiger partial charge in [-0.1, -0.05) is 17.2 Å². The Bertz CT molecular complexity index is 1450. The summed E-state index contributed by atoms with van der Waals surface area (Å²) in [5, 5.41) is 8.02. The van der Waals surface area contributed by atoms with E-state index in [-0.39, 0.29) is 29.8 Å². The van der Waals surface area contributed by atoms with Gasteiger partial charge in [0.25, 0.3) is 11.8 Å². The van der Waals surface area contributed by atoms with E-state index in [0.29, 0.717) is 40.1 Å². The third-order valence-electron chi connectivity index (χ3n) is 6.07. The summed E-state index contributed by atoms with van der Waals surface area (Å²) in [5.41, 5.74) is 4.28. The molecule has 2 amide bonds. The number of halogens is 1. The number of amides is 2. The van der Waals surface area contributed by atoms with Crippen molar-refractivity contribution in [2.75, 3.05) is 18.4 Å². The van der Waals surface area contributed by atoms with Crippen molar-refractivity contribution in [3.05, 3.63) is 81.9 Å². The number of nitrogens with zero attached hydrogens (tertiary/aromatic N) is 4. The van der Waals surface area contributed by atoms with E-state index in [1.807, 2.05) is 50.4 Å². The molecule has 3 aromatic heterocycles. The summed E-state index contributed by atoms with van der Waals surface area (Å²) in [6, 6.07) is 8.52. The number of carbonyl (C=O) groups excluding carboxylic acids is 2. The summed E-state index contributed by atoms with van der Waals surface area (Å²) in [6.45, 7) is 6.57. The van der Waals surface area contributed by atoms with Gasteiger partial charge in [-0.2, -0.15) is 0 Å². The number of fused-ring (bicyclic) bond motifs is 1. The minimum atomic E-state index is -0.428. The first-order valence-corrected chi connectivity index (χ1v) is 12.5. The molecule has 1 fully saturated rings. The number of nitrogens with one attached hydrogen (secondary N) is 2. The zero-order chi connectivity index (χ0) is 25.4. The Morgan fingerprint density at radius 1 is 1.11 bits per heavy atom. The van der Waals surface area contributed by atoms with Crippen molar-refractivity contribution in [3.8, 4) is 0 Å². The predicted octanol–water partition coefficient (Wildman–Crippen LogP) is 4.27. The van der Waals surface area contributed by atoms with Gasteiger partial charge in [-0.3, -0.25) is 14.6 Å². The van der Waals surface area contributed by atoms with Gasteiger partial charge in [-0.15, -0.1) is 11.3 Å². The lowest BCUT2D eigenvalue weighted by Crippen LogP contribution is -2.61. The molecule has 184 valence electrons. The molecule has 1 aliphatic heterocycles. The lowest BCUT2D eigenvalue weighted by molar-refractivity contribution is 0.0539. The molecule has 0 saturated carbocycles. The number of rotatable bonds is 6. The van der Waals surface area contributed by atoms with Crippen LogP contribution in [0.5, 0.6) is 0 Å². The van der Waals surface area contributed by atoms with Crippen LogP contribution in [0.2, 0.25) is 0 Å². The molecule has 0 spiro atoms. The minimum absolute atomic E-state index is 0.124. The van der Waals surface area contributed by atoms with E-state index in [4.69, 9.17) is 0 Å². The van der Waals surface area contributed by atoms with Gasteiger partial charge in [-0.05, 0) is 56.0 Å². The van der Waals surface area contributed by atoms with Crippen molar-refractivity contribution >= 4 is 39.3 Å². The van der Waals surface area contributed by atoms with Crippen LogP contribution in [0, 0.1) is 19.7 Å². The Morgan fingerprint density at radius 2 is 1.86 bits per heavy atom. The average Bonchev–Trinajstić information content (AvgIpc) is 3.28. The van der Waals surface area contributed by atoms with Crippen molar-refractivity contribution in [2.24, 2.45) is 0 Å². The highest BCUT2D eigenvalue weighted by Gasteiger charge is 2.34. The molecule has 5 rings (SSSR count). The number of aryl methyl sites for hydroxylation is 2. The van der Waals surface area contributed by atoms with Crippen LogP contribution in [-0.4, -0.2) is 50.8 Å². The molecule has 2 N–H and O–H groups in total. The van der Waals surface area contributed by atoms with Crippen LogP contribution >= 0.6 is 11.3 Å². The van der Waals surface area contributed by atoms with E-state index in [1.165, 1.54) is 17.4 Å². The molecular weight excluding hydrogens is 479 g/mol. The molecule has 4 heterocycles. The third kappa shape index (κ3) is 4.90. The van der Waals surface area contributed by atoms with Crippen LogP contribution in [0.3, 0.4) is 0 Å². The Labute approximate surface area is 211 Å². The highest BCUT2D eigenvalue weighted by molar-refractivity contribution is 7.17. The maximum atomic E-state index is 13.6. The largest absolute Gasteiger partial charge is 0.348 e. The summed E-state index contributed by atoms with van der Waals surface area (Å²) in [7, 11) is 0. The number of benzene rings is 1. The summed E-state index contributed by atoms with van der Waals surface area (Å²) in [6.07, 6.45) is 2.72. The Hall–Kier alpha value is -3.92. The van der Waals surface area contributed by atoms with Gasteiger partial charge in [0.05, 0.1) is 28.5 Å². The summed E-state index contributed by atoms with van der Waals surface area (Å²) >= 11 is 1.40. The van der Waals surface area contributed by atoms with E-state index in [9.17, 15) is 14.0 Å². The van der Waals surface area contributed by atoms with Crippen LogP contribution in [0.1, 0.15) is 50.5 Å². The van der Waals surface area contributed by atoms with Gasteiger partial charge < -0.3 is 15.5 Å². The average molecular weight is 505 g/mol. The molecule has 1 aromatic carbocycles. The van der Waals surface area contributed by atoms with Crippen molar-refractivity contribution in [1.82, 2.24) is 25.2 Å². The van der Waals surface area contributed by atoms with Crippen LogP contribution in [0.15, 0.2) is 48.1 Å². The van der Waals surface area contributed by atoms with Gasteiger partial charge in [0.15, 0.2) is 5.69 Å². The van der Waals surface area contributed by atoms with Gasteiger partial charge >= 0.3 is 0 Å². The maximum Gasteiger partial charge on any atom is 0.274 e. The summed E-state index contributed by atoms with van der Waals surface area (Å²) < 4.78 is 14.3. The highest BCUT2D eigenvalue weighted by Crippen LogP contribution is 2.27. The fourth-order valence-corrected chi connectivity index (χ4v) is 5.09. The van der Waals surface area contributed by atoms with E-state index in [1.54, 1.807) is 11.1 Å². The van der Waals surface area contributed by atoms with Crippen molar-refractivity contribution in [3.63, 3.8) is 0 Å². The molecule has 0 aliphatic carbocycles. The topological polar surface area (TPSA) is 100 Å². The normalized spacial score (nSPS) is 14.4. The second kappa shape index (κ2) is 9.62. The van der Waals surface area contributed by atoms with Gasteiger partial charge in [0.1, 0.15) is 5.82 Å². The molecule has 0 radical (unpaired) electrons. The summed E-state index contributed by atoms with van der Waals surface area (Å²) in [5.74, 6) is -0.511. The second-order valence-corrected chi connectivity index (χ2v) is 10.0. The molecule has 36 heavy (non-hydrogen) atoms. The van der Waals surface area contributed by atoms with Crippen LogP contribution in [-0.2, 0) is 0 Å². The number of thiophene rings is 1. The Kier molecular flexibility index (Phi) is 6.36. The quantitative estimate of drug-likeness (QED) is 0.407. The van der Waals surface area contributed by atoms with E-state index >= 15 is 0 Å². The molecule has 1 atom stereocenters. The number of anilines is 1. The fraction of sp³-hybridized carbons (Fsp3) is 0.269. The lowest BCUT2D eigenvalue weighted by Gasteiger charge is -2.39. The third-order valence-corrected chi connectivity index (χ3v) is 6.98. The monoisotopic (exact) mass is 504 g/mol. The zero-order valence-corrected chi connectivity index (χ0v) is 20.9. The molecule has 10 heteroatoms. The van der Waals surface area contributed by atoms with Gasteiger partial charge in [0.2, 0.25) is 5.95 Å². The second-order valence-electron chi connectivity index (χ2n) is 9.09. The zero-order valence-electron chi connectivity index (χ0n) is 20.1. The first-order valence-electron chi connectivity index (χ1n) is 11.6. The molecular formula is C26H25FN6O2S.